The Morgan fingerprint density at radius 1 is 1.27 bits per heavy atom. The topological polar surface area (TPSA) is 80.8 Å². The van der Waals surface area contributed by atoms with Crippen LogP contribution in [-0.4, -0.2) is 36.6 Å². The number of hydrogen-bond acceptors (Lipinski definition) is 6. The molecule has 1 atom stereocenters. The summed E-state index contributed by atoms with van der Waals surface area (Å²) in [5.74, 6) is 0.652. The molecule has 26 heavy (non-hydrogen) atoms. The Morgan fingerprint density at radius 3 is 2.77 bits per heavy atom. The second-order valence-electron chi connectivity index (χ2n) is 6.38. The van der Waals surface area contributed by atoms with Crippen molar-refractivity contribution in [1.29, 1.82) is 0 Å². The molecule has 4 rings (SSSR count). The molecule has 7 nitrogen and oxygen atoms in total. The van der Waals surface area contributed by atoms with E-state index in [4.69, 9.17) is 9.47 Å². The van der Waals surface area contributed by atoms with Crippen LogP contribution in [0.3, 0.4) is 0 Å². The number of anilines is 2. The lowest BCUT2D eigenvalue weighted by atomic mass is 10.1. The minimum absolute atomic E-state index is 0.0756. The Bertz CT molecular complexity index is 860. The standard InChI is InChI=1S/C18H19N3O4S/c1-10-11(2)26-18(19-10)20-17(23)12-7-16(22)21(9-12)13-3-4-14-15(8-13)25-6-5-24-14/h3-4,8,12H,5-7,9H2,1-2H3,(H,19,20,23). The van der Waals surface area contributed by atoms with Gasteiger partial charge in [0.05, 0.1) is 11.6 Å². The van der Waals surface area contributed by atoms with Crippen molar-refractivity contribution in [2.45, 2.75) is 20.3 Å². The van der Waals surface area contributed by atoms with Crippen LogP contribution >= 0.6 is 11.3 Å². The Hall–Kier alpha value is -2.61. The lowest BCUT2D eigenvalue weighted by molar-refractivity contribution is -0.122. The molecule has 1 N–H and O–H groups in total. The van der Waals surface area contributed by atoms with E-state index in [1.807, 2.05) is 19.9 Å². The van der Waals surface area contributed by atoms with E-state index < -0.39 is 5.92 Å². The number of benzene rings is 1. The molecule has 0 radical (unpaired) electrons. The smallest absolute Gasteiger partial charge is 0.231 e. The number of fused-ring (bicyclic) bond motifs is 1. The van der Waals surface area contributed by atoms with Gasteiger partial charge in [-0.1, -0.05) is 0 Å². The average molecular weight is 373 g/mol. The zero-order chi connectivity index (χ0) is 18.3. The van der Waals surface area contributed by atoms with Gasteiger partial charge in [0.25, 0.3) is 0 Å². The van der Waals surface area contributed by atoms with Crippen molar-refractivity contribution in [3.8, 4) is 11.5 Å². The number of hydrogen-bond donors (Lipinski definition) is 1. The number of amides is 2. The highest BCUT2D eigenvalue weighted by Gasteiger charge is 2.36. The molecule has 1 saturated heterocycles. The van der Waals surface area contributed by atoms with Crippen molar-refractivity contribution >= 4 is 34.0 Å². The number of ether oxygens (including phenoxy) is 2. The maximum absolute atomic E-state index is 12.5. The SMILES string of the molecule is Cc1nc(NC(=O)C2CC(=O)N(c3ccc4c(c3)OCCO4)C2)sc1C. The molecule has 2 aliphatic rings. The van der Waals surface area contributed by atoms with Crippen molar-refractivity contribution in [3.63, 3.8) is 0 Å². The van der Waals surface area contributed by atoms with E-state index >= 15 is 0 Å². The van der Waals surface area contributed by atoms with Gasteiger partial charge in [0.2, 0.25) is 11.8 Å². The third-order valence-corrected chi connectivity index (χ3v) is 5.58. The Balaban J connectivity index is 1.47. The molecular weight excluding hydrogens is 354 g/mol. The first kappa shape index (κ1) is 16.8. The summed E-state index contributed by atoms with van der Waals surface area (Å²) in [7, 11) is 0. The first-order chi connectivity index (χ1) is 12.5. The quantitative estimate of drug-likeness (QED) is 0.894. The molecule has 1 aromatic heterocycles. The number of rotatable bonds is 3. The average Bonchev–Trinajstić information content (AvgIpc) is 3.17. The van der Waals surface area contributed by atoms with Crippen molar-refractivity contribution in [2.24, 2.45) is 5.92 Å². The summed E-state index contributed by atoms with van der Waals surface area (Å²) in [4.78, 5) is 32.0. The van der Waals surface area contributed by atoms with Crippen LogP contribution in [0.1, 0.15) is 17.0 Å². The van der Waals surface area contributed by atoms with E-state index in [0.717, 1.165) is 16.3 Å². The molecule has 1 fully saturated rings. The summed E-state index contributed by atoms with van der Waals surface area (Å²) in [5.41, 5.74) is 1.63. The molecule has 136 valence electrons. The van der Waals surface area contributed by atoms with Gasteiger partial charge in [0.15, 0.2) is 16.6 Å². The predicted octanol–water partition coefficient (Wildman–Crippen LogP) is 2.52. The van der Waals surface area contributed by atoms with E-state index in [2.05, 4.69) is 10.3 Å². The molecule has 8 heteroatoms. The van der Waals surface area contributed by atoms with Gasteiger partial charge in [-0.25, -0.2) is 4.98 Å². The van der Waals surface area contributed by atoms with Gasteiger partial charge >= 0.3 is 0 Å². The molecule has 2 amide bonds. The molecule has 2 aromatic rings. The van der Waals surface area contributed by atoms with Crippen LogP contribution in [0.25, 0.3) is 0 Å². The summed E-state index contributed by atoms with van der Waals surface area (Å²) < 4.78 is 11.1. The van der Waals surface area contributed by atoms with Gasteiger partial charge in [0, 0.05) is 29.6 Å². The normalized spacial score (nSPS) is 18.9. The second kappa shape index (κ2) is 6.60. The third-order valence-electron chi connectivity index (χ3n) is 4.59. The first-order valence-electron chi connectivity index (χ1n) is 8.46. The number of carbonyl (C=O) groups is 2. The Morgan fingerprint density at radius 2 is 2.04 bits per heavy atom. The first-order valence-corrected chi connectivity index (χ1v) is 9.28. The van der Waals surface area contributed by atoms with E-state index in [1.165, 1.54) is 11.3 Å². The number of nitrogens with zero attached hydrogens (tertiary/aromatic N) is 2. The second-order valence-corrected chi connectivity index (χ2v) is 7.59. The van der Waals surface area contributed by atoms with Crippen LogP contribution < -0.4 is 19.7 Å². The molecular formula is C18H19N3O4S. The number of carbonyl (C=O) groups excluding carboxylic acids is 2. The van der Waals surface area contributed by atoms with Gasteiger partial charge in [-0.15, -0.1) is 11.3 Å². The summed E-state index contributed by atoms with van der Waals surface area (Å²) in [6.07, 6.45) is 0.184. The van der Waals surface area contributed by atoms with E-state index in [0.29, 0.717) is 36.4 Å². The molecule has 0 saturated carbocycles. The summed E-state index contributed by atoms with van der Waals surface area (Å²) >= 11 is 1.44. The van der Waals surface area contributed by atoms with Crippen molar-refractivity contribution in [1.82, 2.24) is 4.98 Å². The fourth-order valence-corrected chi connectivity index (χ4v) is 3.88. The third kappa shape index (κ3) is 3.12. The lowest BCUT2D eigenvalue weighted by Gasteiger charge is -2.22. The van der Waals surface area contributed by atoms with E-state index in [-0.39, 0.29) is 18.2 Å². The largest absolute Gasteiger partial charge is 0.486 e. The monoisotopic (exact) mass is 373 g/mol. The molecule has 3 heterocycles. The fourth-order valence-electron chi connectivity index (χ4n) is 3.07. The lowest BCUT2D eigenvalue weighted by Crippen LogP contribution is -2.28. The van der Waals surface area contributed by atoms with Gasteiger partial charge in [-0.3, -0.25) is 9.59 Å². The van der Waals surface area contributed by atoms with Crippen molar-refractivity contribution in [3.05, 3.63) is 28.8 Å². The van der Waals surface area contributed by atoms with E-state index in [1.54, 1.807) is 17.0 Å². The van der Waals surface area contributed by atoms with Crippen LogP contribution in [0.5, 0.6) is 11.5 Å². The minimum Gasteiger partial charge on any atom is -0.486 e. The number of nitrogens with one attached hydrogen (secondary N) is 1. The van der Waals surface area contributed by atoms with Crippen LogP contribution in [0.4, 0.5) is 10.8 Å². The van der Waals surface area contributed by atoms with Gasteiger partial charge < -0.3 is 19.7 Å². The maximum atomic E-state index is 12.5. The molecule has 1 aromatic carbocycles. The minimum atomic E-state index is -0.403. The van der Waals surface area contributed by atoms with Crippen LogP contribution in [-0.2, 0) is 9.59 Å². The highest BCUT2D eigenvalue weighted by atomic mass is 32.1. The fraction of sp³-hybridized carbons (Fsp3) is 0.389. The summed E-state index contributed by atoms with van der Waals surface area (Å²) in [6.45, 7) is 5.22. The summed E-state index contributed by atoms with van der Waals surface area (Å²) in [5, 5.41) is 3.41. The zero-order valence-electron chi connectivity index (χ0n) is 14.6. The molecule has 0 aliphatic carbocycles. The molecule has 1 unspecified atom stereocenters. The summed E-state index contributed by atoms with van der Waals surface area (Å²) in [6, 6.07) is 5.41. The zero-order valence-corrected chi connectivity index (χ0v) is 15.4. The number of aromatic nitrogens is 1. The molecule has 0 spiro atoms. The Kier molecular flexibility index (Phi) is 4.28. The van der Waals surface area contributed by atoms with Crippen LogP contribution in [0.15, 0.2) is 18.2 Å². The Labute approximate surface area is 154 Å². The van der Waals surface area contributed by atoms with Crippen LogP contribution in [0, 0.1) is 19.8 Å². The highest BCUT2D eigenvalue weighted by Crippen LogP contribution is 2.36. The molecule has 0 bridgehead atoms. The number of thiazole rings is 1. The predicted molar refractivity (Wildman–Crippen MR) is 98.1 cm³/mol. The van der Waals surface area contributed by atoms with E-state index in [9.17, 15) is 9.59 Å². The van der Waals surface area contributed by atoms with Crippen molar-refractivity contribution < 1.29 is 19.1 Å². The number of aryl methyl sites for hydroxylation is 2. The van der Waals surface area contributed by atoms with Gasteiger partial charge in [-0.05, 0) is 26.0 Å². The van der Waals surface area contributed by atoms with Gasteiger partial charge in [0.1, 0.15) is 13.2 Å². The maximum Gasteiger partial charge on any atom is 0.231 e. The van der Waals surface area contributed by atoms with Crippen LogP contribution in [0.2, 0.25) is 0 Å². The van der Waals surface area contributed by atoms with Crippen molar-refractivity contribution in [2.75, 3.05) is 30.0 Å². The molecule has 2 aliphatic heterocycles. The highest BCUT2D eigenvalue weighted by molar-refractivity contribution is 7.15. The van der Waals surface area contributed by atoms with Gasteiger partial charge in [-0.2, -0.15) is 0 Å².